The zero-order valence-corrected chi connectivity index (χ0v) is 9.16. The van der Waals surface area contributed by atoms with E-state index in [0.717, 1.165) is 0 Å². The van der Waals surface area contributed by atoms with Crippen molar-refractivity contribution in [2.75, 3.05) is 13.7 Å². The molecule has 0 bridgehead atoms. The minimum Gasteiger partial charge on any atom is -0.497 e. The minimum atomic E-state index is -0.905. The maximum Gasteiger partial charge on any atom is 0.312 e. The van der Waals surface area contributed by atoms with Crippen molar-refractivity contribution in [2.24, 2.45) is 5.73 Å². The van der Waals surface area contributed by atoms with Crippen molar-refractivity contribution in [1.82, 2.24) is 0 Å². The number of benzene rings is 1. The van der Waals surface area contributed by atoms with Crippen LogP contribution in [0.1, 0.15) is 11.5 Å². The number of carboxylic acids is 1. The van der Waals surface area contributed by atoms with Crippen LogP contribution in [0.4, 0.5) is 0 Å². The van der Waals surface area contributed by atoms with E-state index in [-0.39, 0.29) is 19.0 Å². The number of halogens is 1. The molecule has 1 aromatic carbocycles. The van der Waals surface area contributed by atoms with Crippen molar-refractivity contribution in [1.29, 1.82) is 0 Å². The van der Waals surface area contributed by atoms with Crippen molar-refractivity contribution < 1.29 is 14.6 Å². The summed E-state index contributed by atoms with van der Waals surface area (Å²) in [5.41, 5.74) is 6.06. The second-order valence-corrected chi connectivity index (χ2v) is 2.90. The summed E-state index contributed by atoms with van der Waals surface area (Å²) in [6, 6.07) is 6.87. The molecule has 1 atom stereocenters. The molecule has 0 spiro atoms. The SMILES string of the molecule is COc1ccc([C@H](CN)C(=O)O)cc1.Cl. The number of methoxy groups -OCH3 is 1. The van der Waals surface area contributed by atoms with E-state index in [2.05, 4.69) is 0 Å². The lowest BCUT2D eigenvalue weighted by atomic mass is 9.99. The highest BCUT2D eigenvalue weighted by molar-refractivity contribution is 5.85. The highest BCUT2D eigenvalue weighted by Gasteiger charge is 2.17. The molecule has 0 fully saturated rings. The molecule has 0 saturated carbocycles. The third-order valence-electron chi connectivity index (χ3n) is 2.05. The topological polar surface area (TPSA) is 72.5 Å². The predicted molar refractivity (Wildman–Crippen MR) is 59.7 cm³/mol. The van der Waals surface area contributed by atoms with E-state index in [4.69, 9.17) is 15.6 Å². The number of carboxylic acid groups (broad SMARTS) is 1. The Labute approximate surface area is 94.5 Å². The first-order chi connectivity index (χ1) is 6.69. The molecule has 15 heavy (non-hydrogen) atoms. The van der Waals surface area contributed by atoms with Crippen molar-refractivity contribution in [3.05, 3.63) is 29.8 Å². The average molecular weight is 232 g/mol. The normalized spacial score (nSPS) is 11.3. The van der Waals surface area contributed by atoms with Gasteiger partial charge in [0, 0.05) is 6.54 Å². The lowest BCUT2D eigenvalue weighted by molar-refractivity contribution is -0.138. The molecule has 84 valence electrons. The Morgan fingerprint density at radius 1 is 1.47 bits per heavy atom. The van der Waals surface area contributed by atoms with Crippen LogP contribution in [-0.4, -0.2) is 24.7 Å². The van der Waals surface area contributed by atoms with E-state index in [1.807, 2.05) is 0 Å². The molecule has 0 heterocycles. The lowest BCUT2D eigenvalue weighted by Gasteiger charge is -2.10. The molecule has 0 aliphatic rings. The molecule has 5 heteroatoms. The fraction of sp³-hybridized carbons (Fsp3) is 0.300. The fourth-order valence-electron chi connectivity index (χ4n) is 1.22. The quantitative estimate of drug-likeness (QED) is 0.818. The molecular weight excluding hydrogens is 218 g/mol. The van der Waals surface area contributed by atoms with Gasteiger partial charge in [0.25, 0.3) is 0 Å². The summed E-state index contributed by atoms with van der Waals surface area (Å²) in [5, 5.41) is 8.84. The molecule has 1 rings (SSSR count). The number of aliphatic carboxylic acids is 1. The maximum atomic E-state index is 10.8. The van der Waals surface area contributed by atoms with E-state index < -0.39 is 11.9 Å². The lowest BCUT2D eigenvalue weighted by Crippen LogP contribution is -2.20. The van der Waals surface area contributed by atoms with Gasteiger partial charge in [-0.2, -0.15) is 0 Å². The van der Waals surface area contributed by atoms with Crippen molar-refractivity contribution in [3.8, 4) is 5.75 Å². The largest absolute Gasteiger partial charge is 0.497 e. The van der Waals surface area contributed by atoms with Crippen molar-refractivity contribution in [3.63, 3.8) is 0 Å². The molecule has 0 radical (unpaired) electrons. The van der Waals surface area contributed by atoms with Crippen LogP contribution in [0.5, 0.6) is 5.75 Å². The predicted octanol–water partition coefficient (Wildman–Crippen LogP) is 1.24. The highest BCUT2D eigenvalue weighted by Crippen LogP contribution is 2.18. The van der Waals surface area contributed by atoms with Crippen LogP contribution in [-0.2, 0) is 4.79 Å². The van der Waals surface area contributed by atoms with Crippen molar-refractivity contribution in [2.45, 2.75) is 5.92 Å². The average Bonchev–Trinajstić information content (AvgIpc) is 2.19. The van der Waals surface area contributed by atoms with Gasteiger partial charge in [-0.1, -0.05) is 12.1 Å². The van der Waals surface area contributed by atoms with E-state index in [9.17, 15) is 4.79 Å². The van der Waals surface area contributed by atoms with Crippen molar-refractivity contribution >= 4 is 18.4 Å². The van der Waals surface area contributed by atoms with Gasteiger partial charge in [-0.3, -0.25) is 4.79 Å². The van der Waals surface area contributed by atoms with Crippen LogP contribution in [0.2, 0.25) is 0 Å². The first-order valence-corrected chi connectivity index (χ1v) is 4.26. The van der Waals surface area contributed by atoms with E-state index in [1.165, 1.54) is 0 Å². The third kappa shape index (κ3) is 3.42. The van der Waals surface area contributed by atoms with Gasteiger partial charge in [-0.05, 0) is 17.7 Å². The molecule has 4 nitrogen and oxygen atoms in total. The highest BCUT2D eigenvalue weighted by atomic mass is 35.5. The summed E-state index contributed by atoms with van der Waals surface area (Å²) in [5.74, 6) is -0.839. The Hall–Kier alpha value is -1.26. The van der Waals surface area contributed by atoms with Crippen LogP contribution in [0.25, 0.3) is 0 Å². The van der Waals surface area contributed by atoms with Gasteiger partial charge in [0.05, 0.1) is 13.0 Å². The fourth-order valence-corrected chi connectivity index (χ4v) is 1.22. The molecule has 0 amide bonds. The summed E-state index contributed by atoms with van der Waals surface area (Å²) < 4.78 is 4.96. The van der Waals surface area contributed by atoms with Gasteiger partial charge >= 0.3 is 5.97 Å². The molecule has 0 aromatic heterocycles. The second kappa shape index (κ2) is 6.27. The summed E-state index contributed by atoms with van der Waals surface area (Å²) in [4.78, 5) is 10.8. The standard InChI is InChI=1S/C10H13NO3.ClH/c1-14-8-4-2-7(3-5-8)9(6-11)10(12)13;/h2-5,9H,6,11H2,1H3,(H,12,13);1H/t9-;/m0./s1. The van der Waals surface area contributed by atoms with Gasteiger partial charge in [0.1, 0.15) is 5.75 Å². The molecule has 3 N–H and O–H groups in total. The number of carbonyl (C=O) groups is 1. The Morgan fingerprint density at radius 2 is 2.00 bits per heavy atom. The second-order valence-electron chi connectivity index (χ2n) is 2.90. The van der Waals surface area contributed by atoms with Gasteiger partial charge in [-0.25, -0.2) is 0 Å². The monoisotopic (exact) mass is 231 g/mol. The Morgan fingerprint density at radius 3 is 2.33 bits per heavy atom. The number of nitrogens with two attached hydrogens (primary N) is 1. The Bertz CT molecular complexity index is 313. The van der Waals surface area contributed by atoms with Gasteiger partial charge in [-0.15, -0.1) is 12.4 Å². The molecular formula is C10H14ClNO3. The van der Waals surface area contributed by atoms with Crippen LogP contribution in [0.3, 0.4) is 0 Å². The number of hydrogen-bond acceptors (Lipinski definition) is 3. The Kier molecular flexibility index (Phi) is 5.74. The summed E-state index contributed by atoms with van der Waals surface area (Å²) in [6.45, 7) is 0.0989. The minimum absolute atomic E-state index is 0. The van der Waals surface area contributed by atoms with Crippen LogP contribution in [0.15, 0.2) is 24.3 Å². The Balaban J connectivity index is 0.00000196. The maximum absolute atomic E-state index is 10.8. The number of ether oxygens (including phenoxy) is 1. The first kappa shape index (κ1) is 13.7. The molecule has 1 aromatic rings. The summed E-state index contributed by atoms with van der Waals surface area (Å²) in [6.07, 6.45) is 0. The van der Waals surface area contributed by atoms with E-state index in [1.54, 1.807) is 31.4 Å². The number of rotatable bonds is 4. The van der Waals surface area contributed by atoms with E-state index >= 15 is 0 Å². The molecule has 0 saturated heterocycles. The van der Waals surface area contributed by atoms with Crippen LogP contribution < -0.4 is 10.5 Å². The van der Waals surface area contributed by atoms with E-state index in [0.29, 0.717) is 11.3 Å². The van der Waals surface area contributed by atoms with Gasteiger partial charge < -0.3 is 15.6 Å². The summed E-state index contributed by atoms with van der Waals surface area (Å²) >= 11 is 0. The van der Waals surface area contributed by atoms with Crippen LogP contribution in [0, 0.1) is 0 Å². The third-order valence-corrected chi connectivity index (χ3v) is 2.05. The molecule has 0 unspecified atom stereocenters. The first-order valence-electron chi connectivity index (χ1n) is 4.26. The molecule has 0 aliphatic heterocycles. The number of hydrogen-bond donors (Lipinski definition) is 2. The van der Waals surface area contributed by atoms with Gasteiger partial charge in [0.2, 0.25) is 0 Å². The molecule has 0 aliphatic carbocycles. The van der Waals surface area contributed by atoms with Gasteiger partial charge in [0.15, 0.2) is 0 Å². The van der Waals surface area contributed by atoms with Crippen LogP contribution >= 0.6 is 12.4 Å². The smallest absolute Gasteiger partial charge is 0.312 e. The zero-order valence-electron chi connectivity index (χ0n) is 8.34. The summed E-state index contributed by atoms with van der Waals surface area (Å²) in [7, 11) is 1.56. The zero-order chi connectivity index (χ0) is 10.6.